The minimum atomic E-state index is -2.79. The zero-order valence-electron chi connectivity index (χ0n) is 16.1. The van der Waals surface area contributed by atoms with Crippen molar-refractivity contribution < 1.29 is 13.6 Å². The number of anilines is 1. The fraction of sp³-hybridized carbons (Fsp3) is 0.350. The summed E-state index contributed by atoms with van der Waals surface area (Å²) in [6, 6.07) is 9.17. The highest BCUT2D eigenvalue weighted by atomic mass is 35.5. The topological polar surface area (TPSA) is 64.7 Å². The van der Waals surface area contributed by atoms with Crippen molar-refractivity contribution in [3.63, 3.8) is 0 Å². The summed E-state index contributed by atoms with van der Waals surface area (Å²) in [6.07, 6.45) is -1.08. The van der Waals surface area contributed by atoms with Crippen LogP contribution in [0.4, 0.5) is 14.6 Å². The van der Waals surface area contributed by atoms with E-state index in [0.717, 1.165) is 24.1 Å². The van der Waals surface area contributed by atoms with Crippen molar-refractivity contribution in [2.75, 3.05) is 5.32 Å². The molecule has 1 amide bonds. The summed E-state index contributed by atoms with van der Waals surface area (Å²) in [6.45, 7) is 2.20. The number of amides is 1. The predicted molar refractivity (Wildman–Crippen MR) is 110 cm³/mol. The van der Waals surface area contributed by atoms with E-state index in [0.29, 0.717) is 23.1 Å². The molecular weight excluding hydrogens is 435 g/mol. The van der Waals surface area contributed by atoms with Gasteiger partial charge in [0.15, 0.2) is 5.82 Å². The van der Waals surface area contributed by atoms with Crippen LogP contribution in [0.2, 0.25) is 10.0 Å². The molecule has 0 atom stereocenters. The second kappa shape index (κ2) is 8.35. The molecule has 0 aliphatic heterocycles. The molecule has 0 saturated heterocycles. The lowest BCUT2D eigenvalue weighted by Crippen LogP contribution is -2.21. The summed E-state index contributed by atoms with van der Waals surface area (Å²) >= 11 is 12.0. The lowest BCUT2D eigenvalue weighted by Gasteiger charge is -2.07. The van der Waals surface area contributed by atoms with Crippen LogP contribution in [0.15, 0.2) is 30.3 Å². The maximum Gasteiger partial charge on any atom is 0.283 e. The van der Waals surface area contributed by atoms with Crippen LogP contribution >= 0.6 is 23.2 Å². The van der Waals surface area contributed by atoms with E-state index in [1.165, 1.54) is 4.68 Å². The molecule has 1 aliphatic rings. The van der Waals surface area contributed by atoms with Gasteiger partial charge in [0, 0.05) is 22.7 Å². The van der Waals surface area contributed by atoms with Gasteiger partial charge in [0.1, 0.15) is 12.2 Å². The predicted octanol–water partition coefficient (Wildman–Crippen LogP) is 5.20. The molecule has 2 aromatic heterocycles. The largest absolute Gasteiger partial charge is 0.308 e. The number of nitrogens with zero attached hydrogens (tertiary/aromatic N) is 4. The maximum atomic E-state index is 13.2. The van der Waals surface area contributed by atoms with Crippen molar-refractivity contribution in [3.05, 3.63) is 63.0 Å². The van der Waals surface area contributed by atoms with Gasteiger partial charge in [0.2, 0.25) is 5.91 Å². The van der Waals surface area contributed by atoms with E-state index in [1.807, 2.05) is 19.1 Å². The smallest absolute Gasteiger partial charge is 0.283 e. The lowest BCUT2D eigenvalue weighted by molar-refractivity contribution is -0.117. The Labute approximate surface area is 181 Å². The molecule has 1 aliphatic carbocycles. The van der Waals surface area contributed by atoms with E-state index in [2.05, 4.69) is 15.5 Å². The monoisotopic (exact) mass is 453 g/mol. The molecule has 2 heterocycles. The van der Waals surface area contributed by atoms with Crippen molar-refractivity contribution in [2.24, 2.45) is 0 Å². The zero-order chi connectivity index (χ0) is 21.4. The Kier molecular flexibility index (Phi) is 5.79. The van der Waals surface area contributed by atoms with Crippen LogP contribution in [0.25, 0.3) is 0 Å². The molecule has 0 radical (unpaired) electrons. The van der Waals surface area contributed by atoms with Crippen LogP contribution in [0.1, 0.15) is 47.8 Å². The molecule has 1 saturated carbocycles. The summed E-state index contributed by atoms with van der Waals surface area (Å²) in [4.78, 5) is 12.5. The lowest BCUT2D eigenvalue weighted by atomic mass is 10.2. The van der Waals surface area contributed by atoms with E-state index < -0.39 is 18.0 Å². The average molecular weight is 454 g/mol. The first kappa shape index (κ1) is 20.8. The van der Waals surface area contributed by atoms with Crippen LogP contribution in [-0.2, 0) is 17.9 Å². The second-order valence-electron chi connectivity index (χ2n) is 7.32. The van der Waals surface area contributed by atoms with Gasteiger partial charge in [-0.2, -0.15) is 10.2 Å². The standard InChI is InChI=1S/C20H19Cl2F2N5O/c1-11-8-15(26-28(11)9-12-2-6-14(21)7-3-12)25-16(30)10-29-19(13-4-5-13)17(22)18(27-29)20(23)24/h2-3,6-8,13,20H,4-5,9-10H2,1H3,(H,25,26,30). The summed E-state index contributed by atoms with van der Waals surface area (Å²) in [5, 5.41) is 11.6. The Bertz CT molecular complexity index is 1070. The van der Waals surface area contributed by atoms with Crippen LogP contribution in [0.5, 0.6) is 0 Å². The quantitative estimate of drug-likeness (QED) is 0.534. The summed E-state index contributed by atoms with van der Waals surface area (Å²) in [5.41, 5.74) is 1.91. The van der Waals surface area contributed by atoms with Crippen LogP contribution < -0.4 is 5.32 Å². The molecule has 30 heavy (non-hydrogen) atoms. The van der Waals surface area contributed by atoms with Crippen LogP contribution in [-0.4, -0.2) is 25.5 Å². The number of benzene rings is 1. The Morgan fingerprint density at radius 3 is 2.53 bits per heavy atom. The van der Waals surface area contributed by atoms with Crippen molar-refractivity contribution in [3.8, 4) is 0 Å². The van der Waals surface area contributed by atoms with Crippen LogP contribution in [0.3, 0.4) is 0 Å². The van der Waals surface area contributed by atoms with Gasteiger partial charge >= 0.3 is 0 Å². The molecule has 3 aromatic rings. The average Bonchev–Trinajstić information content (AvgIpc) is 3.38. The number of hydrogen-bond acceptors (Lipinski definition) is 3. The third-order valence-electron chi connectivity index (χ3n) is 4.91. The van der Waals surface area contributed by atoms with Gasteiger partial charge in [-0.3, -0.25) is 14.2 Å². The fourth-order valence-corrected chi connectivity index (χ4v) is 3.79. The van der Waals surface area contributed by atoms with Crippen molar-refractivity contribution >= 4 is 34.9 Å². The number of rotatable bonds is 7. The van der Waals surface area contributed by atoms with Crippen molar-refractivity contribution in [1.82, 2.24) is 19.6 Å². The number of hydrogen-bond donors (Lipinski definition) is 1. The highest BCUT2D eigenvalue weighted by Crippen LogP contribution is 2.45. The number of aromatic nitrogens is 4. The van der Waals surface area contributed by atoms with E-state index in [4.69, 9.17) is 23.2 Å². The number of carbonyl (C=O) groups is 1. The zero-order valence-corrected chi connectivity index (χ0v) is 17.6. The minimum Gasteiger partial charge on any atom is -0.308 e. The summed E-state index contributed by atoms with van der Waals surface area (Å²) < 4.78 is 29.4. The first-order chi connectivity index (χ1) is 14.3. The van der Waals surface area contributed by atoms with Crippen molar-refractivity contribution in [2.45, 2.75) is 45.2 Å². The van der Waals surface area contributed by atoms with Crippen LogP contribution in [0, 0.1) is 6.92 Å². The highest BCUT2D eigenvalue weighted by molar-refractivity contribution is 6.32. The van der Waals surface area contributed by atoms with E-state index in [-0.39, 0.29) is 17.5 Å². The number of aryl methyl sites for hydroxylation is 1. The highest BCUT2D eigenvalue weighted by Gasteiger charge is 2.34. The van der Waals surface area contributed by atoms with Gasteiger partial charge in [-0.1, -0.05) is 35.3 Å². The Morgan fingerprint density at radius 1 is 1.20 bits per heavy atom. The summed E-state index contributed by atoms with van der Waals surface area (Å²) in [5.74, 6) is 0.0472. The van der Waals surface area contributed by atoms with Gasteiger partial charge in [0.05, 0.1) is 17.3 Å². The molecule has 10 heteroatoms. The molecule has 158 valence electrons. The van der Waals surface area contributed by atoms with E-state index in [9.17, 15) is 13.6 Å². The van der Waals surface area contributed by atoms with Gasteiger partial charge in [-0.25, -0.2) is 8.78 Å². The Morgan fingerprint density at radius 2 is 1.90 bits per heavy atom. The fourth-order valence-electron chi connectivity index (χ4n) is 3.29. The number of alkyl halides is 2. The van der Waals surface area contributed by atoms with Gasteiger partial charge in [-0.15, -0.1) is 0 Å². The first-order valence-electron chi connectivity index (χ1n) is 9.45. The van der Waals surface area contributed by atoms with E-state index in [1.54, 1.807) is 22.9 Å². The molecule has 1 aromatic carbocycles. The number of nitrogens with one attached hydrogen (secondary N) is 1. The normalized spacial score (nSPS) is 13.8. The number of halogens is 4. The van der Waals surface area contributed by atoms with Crippen molar-refractivity contribution in [1.29, 1.82) is 0 Å². The molecule has 1 fully saturated rings. The van der Waals surface area contributed by atoms with E-state index >= 15 is 0 Å². The Hall–Kier alpha value is -2.45. The molecule has 0 unspecified atom stereocenters. The molecule has 0 spiro atoms. The minimum absolute atomic E-state index is 0.0385. The van der Waals surface area contributed by atoms with Gasteiger partial charge in [0.25, 0.3) is 6.43 Å². The molecule has 4 rings (SSSR count). The molecular formula is C20H19Cl2F2N5O. The third kappa shape index (κ3) is 4.49. The first-order valence-corrected chi connectivity index (χ1v) is 10.2. The molecule has 6 nitrogen and oxygen atoms in total. The molecule has 0 bridgehead atoms. The third-order valence-corrected chi connectivity index (χ3v) is 5.55. The van der Waals surface area contributed by atoms with Gasteiger partial charge < -0.3 is 5.32 Å². The Balaban J connectivity index is 1.46. The number of carbonyl (C=O) groups excluding carboxylic acids is 1. The maximum absolute atomic E-state index is 13.2. The SMILES string of the molecule is Cc1cc(NC(=O)Cn2nc(C(F)F)c(Cl)c2C2CC2)nn1Cc1ccc(Cl)cc1. The summed E-state index contributed by atoms with van der Waals surface area (Å²) in [7, 11) is 0. The van der Waals surface area contributed by atoms with Gasteiger partial charge in [-0.05, 0) is 37.5 Å². The second-order valence-corrected chi connectivity index (χ2v) is 8.13. The molecule has 1 N–H and O–H groups in total.